The van der Waals surface area contributed by atoms with Crippen molar-refractivity contribution in [3.63, 3.8) is 0 Å². The highest BCUT2D eigenvalue weighted by Gasteiger charge is 2.36. The minimum atomic E-state index is -0.160. The van der Waals surface area contributed by atoms with E-state index in [0.29, 0.717) is 11.7 Å². The van der Waals surface area contributed by atoms with Crippen LogP contribution in [0.3, 0.4) is 0 Å². The molecule has 1 heterocycles. The number of carbonyl (C=O) groups excluding carboxylic acids is 1. The average Bonchev–Trinajstić information content (AvgIpc) is 2.82. The first kappa shape index (κ1) is 13.0. The maximum Gasteiger partial charge on any atom is 0.142 e. The van der Waals surface area contributed by atoms with Gasteiger partial charge in [0.05, 0.1) is 0 Å². The van der Waals surface area contributed by atoms with Gasteiger partial charge in [-0.05, 0) is 12.8 Å². The highest BCUT2D eigenvalue weighted by atomic mass is 16.1. The molecule has 0 aromatic heterocycles. The second-order valence-corrected chi connectivity index (χ2v) is 6.26. The van der Waals surface area contributed by atoms with Crippen LogP contribution >= 0.6 is 0 Å². The van der Waals surface area contributed by atoms with Crippen LogP contribution < -0.4 is 5.32 Å². The van der Waals surface area contributed by atoms with E-state index in [4.69, 9.17) is 0 Å². The molecule has 0 aromatic carbocycles. The van der Waals surface area contributed by atoms with Crippen molar-refractivity contribution in [3.8, 4) is 0 Å². The third-order valence-electron chi connectivity index (χ3n) is 4.22. The lowest BCUT2D eigenvalue weighted by molar-refractivity contribution is -0.132. The molecule has 1 saturated heterocycles. The van der Waals surface area contributed by atoms with Crippen molar-refractivity contribution in [3.05, 3.63) is 0 Å². The summed E-state index contributed by atoms with van der Waals surface area (Å²) >= 11 is 0. The molecule has 17 heavy (non-hydrogen) atoms. The van der Waals surface area contributed by atoms with Crippen molar-refractivity contribution < 1.29 is 4.79 Å². The van der Waals surface area contributed by atoms with Gasteiger partial charge in [0.15, 0.2) is 0 Å². The molecule has 0 bridgehead atoms. The zero-order valence-corrected chi connectivity index (χ0v) is 11.3. The van der Waals surface area contributed by atoms with E-state index in [1.54, 1.807) is 0 Å². The van der Waals surface area contributed by atoms with Crippen LogP contribution in [0.2, 0.25) is 0 Å². The Kier molecular flexibility index (Phi) is 4.21. The molecule has 0 radical (unpaired) electrons. The standard InChI is InChI=1S/C14H26N2O/c1-14(2,11-16-9-7-15-8-10-16)13(17)12-5-3-4-6-12/h12,15H,3-11H2,1-2H3. The molecular weight excluding hydrogens is 212 g/mol. The van der Waals surface area contributed by atoms with E-state index < -0.39 is 0 Å². The molecule has 2 fully saturated rings. The molecule has 2 aliphatic rings. The molecule has 2 rings (SSSR count). The fourth-order valence-electron chi connectivity index (χ4n) is 3.25. The van der Waals surface area contributed by atoms with Crippen molar-refractivity contribution in [1.29, 1.82) is 0 Å². The Morgan fingerprint density at radius 2 is 1.82 bits per heavy atom. The Labute approximate surface area is 105 Å². The highest BCUT2D eigenvalue weighted by Crippen LogP contribution is 2.33. The topological polar surface area (TPSA) is 32.3 Å². The number of hydrogen-bond donors (Lipinski definition) is 1. The smallest absolute Gasteiger partial charge is 0.142 e. The van der Waals surface area contributed by atoms with Gasteiger partial charge in [-0.2, -0.15) is 0 Å². The van der Waals surface area contributed by atoms with Gasteiger partial charge in [-0.25, -0.2) is 0 Å². The molecule has 0 unspecified atom stereocenters. The molecular formula is C14H26N2O. The van der Waals surface area contributed by atoms with Crippen molar-refractivity contribution in [2.24, 2.45) is 11.3 Å². The molecule has 3 nitrogen and oxygen atoms in total. The fraction of sp³-hybridized carbons (Fsp3) is 0.929. The SMILES string of the molecule is CC(C)(CN1CCNCC1)C(=O)C1CCCC1. The monoisotopic (exact) mass is 238 g/mol. The van der Waals surface area contributed by atoms with Crippen LogP contribution in [0.25, 0.3) is 0 Å². The van der Waals surface area contributed by atoms with E-state index >= 15 is 0 Å². The fourth-order valence-corrected chi connectivity index (χ4v) is 3.25. The van der Waals surface area contributed by atoms with Crippen LogP contribution in [0.1, 0.15) is 39.5 Å². The summed E-state index contributed by atoms with van der Waals surface area (Å²) in [6.45, 7) is 9.50. The zero-order chi connectivity index (χ0) is 12.3. The lowest BCUT2D eigenvalue weighted by atomic mass is 9.80. The summed E-state index contributed by atoms with van der Waals surface area (Å²) < 4.78 is 0. The van der Waals surface area contributed by atoms with Gasteiger partial charge < -0.3 is 5.32 Å². The Morgan fingerprint density at radius 3 is 2.41 bits per heavy atom. The number of Topliss-reactive ketones (excluding diaryl/α,β-unsaturated/α-hetero) is 1. The van der Waals surface area contributed by atoms with Crippen LogP contribution in [0.5, 0.6) is 0 Å². The van der Waals surface area contributed by atoms with E-state index in [2.05, 4.69) is 24.1 Å². The van der Waals surface area contributed by atoms with Crippen LogP contribution in [0, 0.1) is 11.3 Å². The first-order valence-electron chi connectivity index (χ1n) is 7.07. The molecule has 0 amide bonds. The third-order valence-corrected chi connectivity index (χ3v) is 4.22. The van der Waals surface area contributed by atoms with Gasteiger partial charge in [0.25, 0.3) is 0 Å². The number of piperazine rings is 1. The van der Waals surface area contributed by atoms with Gasteiger partial charge in [0, 0.05) is 44.1 Å². The number of carbonyl (C=O) groups is 1. The lowest BCUT2D eigenvalue weighted by Gasteiger charge is -2.35. The normalized spacial score (nSPS) is 24.1. The summed E-state index contributed by atoms with van der Waals surface area (Å²) in [6, 6.07) is 0. The van der Waals surface area contributed by atoms with Gasteiger partial charge in [0.2, 0.25) is 0 Å². The first-order chi connectivity index (χ1) is 8.09. The predicted molar refractivity (Wildman–Crippen MR) is 70.1 cm³/mol. The Hall–Kier alpha value is -0.410. The third kappa shape index (κ3) is 3.29. The Bertz CT molecular complexity index is 263. The summed E-state index contributed by atoms with van der Waals surface area (Å²) in [7, 11) is 0. The first-order valence-corrected chi connectivity index (χ1v) is 7.07. The second-order valence-electron chi connectivity index (χ2n) is 6.26. The largest absolute Gasteiger partial charge is 0.314 e. The summed E-state index contributed by atoms with van der Waals surface area (Å²) in [5.41, 5.74) is -0.160. The maximum absolute atomic E-state index is 12.5. The van der Waals surface area contributed by atoms with Crippen molar-refractivity contribution in [2.75, 3.05) is 32.7 Å². The lowest BCUT2D eigenvalue weighted by Crippen LogP contribution is -2.49. The molecule has 3 heteroatoms. The van der Waals surface area contributed by atoms with Crippen LogP contribution in [-0.2, 0) is 4.79 Å². The maximum atomic E-state index is 12.5. The van der Waals surface area contributed by atoms with E-state index in [0.717, 1.165) is 45.6 Å². The van der Waals surface area contributed by atoms with Gasteiger partial charge in [-0.1, -0.05) is 26.7 Å². The molecule has 0 spiro atoms. The molecule has 0 aromatic rings. The summed E-state index contributed by atoms with van der Waals surface area (Å²) in [5, 5.41) is 3.36. The van der Waals surface area contributed by atoms with Crippen LogP contribution in [0.15, 0.2) is 0 Å². The number of ketones is 1. The van der Waals surface area contributed by atoms with Crippen LogP contribution in [0.4, 0.5) is 0 Å². The average molecular weight is 238 g/mol. The van der Waals surface area contributed by atoms with E-state index in [9.17, 15) is 4.79 Å². The second kappa shape index (κ2) is 5.49. The number of rotatable bonds is 4. The number of nitrogens with one attached hydrogen (secondary N) is 1. The number of nitrogens with zero attached hydrogens (tertiary/aromatic N) is 1. The van der Waals surface area contributed by atoms with Crippen molar-refractivity contribution in [1.82, 2.24) is 10.2 Å². The summed E-state index contributed by atoms with van der Waals surface area (Å²) in [6.07, 6.45) is 4.76. The predicted octanol–water partition coefficient (Wildman–Crippen LogP) is 1.68. The molecule has 98 valence electrons. The Balaban J connectivity index is 1.89. The van der Waals surface area contributed by atoms with E-state index in [1.165, 1.54) is 12.8 Å². The van der Waals surface area contributed by atoms with Gasteiger partial charge >= 0.3 is 0 Å². The Morgan fingerprint density at radius 1 is 1.24 bits per heavy atom. The molecule has 1 aliphatic heterocycles. The van der Waals surface area contributed by atoms with E-state index in [1.807, 2.05) is 0 Å². The van der Waals surface area contributed by atoms with Crippen molar-refractivity contribution >= 4 is 5.78 Å². The van der Waals surface area contributed by atoms with Crippen molar-refractivity contribution in [2.45, 2.75) is 39.5 Å². The quantitative estimate of drug-likeness (QED) is 0.809. The summed E-state index contributed by atoms with van der Waals surface area (Å²) in [4.78, 5) is 14.9. The number of hydrogen-bond acceptors (Lipinski definition) is 3. The molecule has 1 aliphatic carbocycles. The molecule has 1 N–H and O–H groups in total. The summed E-state index contributed by atoms with van der Waals surface area (Å²) in [5.74, 6) is 0.862. The minimum absolute atomic E-state index is 0.160. The van der Waals surface area contributed by atoms with Gasteiger partial charge in [-0.15, -0.1) is 0 Å². The minimum Gasteiger partial charge on any atom is -0.314 e. The molecule has 1 saturated carbocycles. The zero-order valence-electron chi connectivity index (χ0n) is 11.3. The highest BCUT2D eigenvalue weighted by molar-refractivity contribution is 5.86. The molecule has 0 atom stereocenters. The van der Waals surface area contributed by atoms with Crippen LogP contribution in [-0.4, -0.2) is 43.4 Å². The van der Waals surface area contributed by atoms with Gasteiger partial charge in [-0.3, -0.25) is 9.69 Å². The van der Waals surface area contributed by atoms with E-state index in [-0.39, 0.29) is 5.41 Å². The van der Waals surface area contributed by atoms with Gasteiger partial charge in [0.1, 0.15) is 5.78 Å².